The highest BCUT2D eigenvalue weighted by Crippen LogP contribution is 2.55. The van der Waals surface area contributed by atoms with E-state index in [1.54, 1.807) is 0 Å². The summed E-state index contributed by atoms with van der Waals surface area (Å²) in [7, 11) is 0. The highest BCUT2D eigenvalue weighted by molar-refractivity contribution is 6.47. The Morgan fingerprint density at radius 2 is 0.517 bits per heavy atom. The molecule has 0 heterocycles. The molecular formula is C60H32. The van der Waals surface area contributed by atoms with Crippen LogP contribution in [-0.2, 0) is 0 Å². The Bertz CT molecular complexity index is 4070. The minimum atomic E-state index is 1.25. The molecule has 0 aliphatic heterocycles. The number of hydrogen-bond donors (Lipinski definition) is 0. The Morgan fingerprint density at radius 1 is 0.167 bits per heavy atom. The van der Waals surface area contributed by atoms with Gasteiger partial charge >= 0.3 is 0 Å². The summed E-state index contributed by atoms with van der Waals surface area (Å²) in [5.41, 5.74) is 5.13. The molecule has 15 aromatic carbocycles. The zero-order chi connectivity index (χ0) is 38.8. The van der Waals surface area contributed by atoms with Gasteiger partial charge in [-0.05, 0) is 176 Å². The number of hydrogen-bond acceptors (Lipinski definition) is 0. The van der Waals surface area contributed by atoms with Crippen LogP contribution in [0.1, 0.15) is 0 Å². The van der Waals surface area contributed by atoms with Crippen LogP contribution in [0.5, 0.6) is 0 Å². The van der Waals surface area contributed by atoms with Gasteiger partial charge < -0.3 is 0 Å². The fourth-order valence-electron chi connectivity index (χ4n) is 11.7. The zero-order valence-electron chi connectivity index (χ0n) is 32.5. The molecule has 0 aromatic heterocycles. The van der Waals surface area contributed by atoms with Crippen LogP contribution >= 0.6 is 0 Å². The molecule has 0 nitrogen and oxygen atoms in total. The van der Waals surface area contributed by atoms with E-state index in [1.165, 1.54) is 152 Å². The van der Waals surface area contributed by atoms with Crippen molar-refractivity contribution in [3.05, 3.63) is 194 Å². The first kappa shape index (κ1) is 31.2. The summed E-state index contributed by atoms with van der Waals surface area (Å²) in [6.45, 7) is 0. The van der Waals surface area contributed by atoms with Crippen molar-refractivity contribution in [1.82, 2.24) is 0 Å². The highest BCUT2D eigenvalue weighted by Gasteiger charge is 2.27. The predicted molar refractivity (Wildman–Crippen MR) is 261 cm³/mol. The third kappa shape index (κ3) is 3.83. The van der Waals surface area contributed by atoms with Crippen molar-refractivity contribution in [1.29, 1.82) is 0 Å². The Labute approximate surface area is 344 Å². The number of benzene rings is 13. The lowest BCUT2D eigenvalue weighted by Crippen LogP contribution is -1.90. The van der Waals surface area contributed by atoms with Crippen molar-refractivity contribution in [2.75, 3.05) is 0 Å². The van der Waals surface area contributed by atoms with Crippen LogP contribution in [0, 0.1) is 0 Å². The maximum Gasteiger partial charge on any atom is -0.000740 e. The minimum Gasteiger partial charge on any atom is -0.0616 e. The highest BCUT2D eigenvalue weighted by atomic mass is 14.3. The fourth-order valence-corrected chi connectivity index (χ4v) is 11.7. The smallest absolute Gasteiger partial charge is 0.000740 e. The van der Waals surface area contributed by atoms with Gasteiger partial charge in [0, 0.05) is 0 Å². The first-order valence-corrected chi connectivity index (χ1v) is 21.1. The topological polar surface area (TPSA) is 0 Å². The maximum absolute atomic E-state index is 2.55. The number of fused-ring (bicyclic) bond motifs is 11. The molecule has 0 radical (unpaired) electrons. The molecule has 0 atom stereocenters. The van der Waals surface area contributed by atoms with Gasteiger partial charge in [-0.15, -0.1) is 0 Å². The van der Waals surface area contributed by atoms with Crippen molar-refractivity contribution in [2.45, 2.75) is 0 Å². The van der Waals surface area contributed by atoms with Crippen molar-refractivity contribution >= 4 is 129 Å². The molecule has 0 aliphatic rings. The normalized spacial score (nSPS) is 12.7. The summed E-state index contributed by atoms with van der Waals surface area (Å²) in [6, 6.07) is 74.0. The molecule has 0 saturated heterocycles. The Morgan fingerprint density at radius 3 is 0.967 bits per heavy atom. The van der Waals surface area contributed by atoms with E-state index in [9.17, 15) is 0 Å². The van der Waals surface area contributed by atoms with E-state index < -0.39 is 0 Å². The molecule has 60 heavy (non-hydrogen) atoms. The van der Waals surface area contributed by atoms with Crippen molar-refractivity contribution < 1.29 is 0 Å². The second kappa shape index (κ2) is 11.0. The van der Waals surface area contributed by atoms with Gasteiger partial charge in [-0.25, -0.2) is 0 Å². The van der Waals surface area contributed by atoms with Crippen LogP contribution in [0.15, 0.2) is 194 Å². The van der Waals surface area contributed by atoms with Crippen LogP contribution in [0.3, 0.4) is 0 Å². The minimum absolute atomic E-state index is 1.25. The summed E-state index contributed by atoms with van der Waals surface area (Å²) >= 11 is 0. The number of rotatable bonds is 2. The van der Waals surface area contributed by atoms with E-state index in [1.807, 2.05) is 0 Å². The SMILES string of the molecule is c1ccc2cc(-c3c4cc5c(cc4c(-c4ccc6ccccc6c4)c4c6ccc7c8cccc9cccc(c%10ccc(c34)c6c%107)c98)c3cccc4cccc5c43)ccc2c1. The molecule has 15 aromatic rings. The lowest BCUT2D eigenvalue weighted by molar-refractivity contribution is 1.71. The van der Waals surface area contributed by atoms with Gasteiger partial charge in [-0.2, -0.15) is 0 Å². The van der Waals surface area contributed by atoms with Gasteiger partial charge in [0.15, 0.2) is 0 Å². The summed E-state index contributed by atoms with van der Waals surface area (Å²) < 4.78 is 0. The van der Waals surface area contributed by atoms with E-state index in [0.29, 0.717) is 0 Å². The van der Waals surface area contributed by atoms with Crippen molar-refractivity contribution in [3.63, 3.8) is 0 Å². The Balaban J connectivity index is 1.24. The maximum atomic E-state index is 2.55. The molecule has 0 fully saturated rings. The predicted octanol–water partition coefficient (Wildman–Crippen LogP) is 17.2. The monoisotopic (exact) mass is 752 g/mol. The van der Waals surface area contributed by atoms with Crippen molar-refractivity contribution in [3.8, 4) is 22.3 Å². The lowest BCUT2D eigenvalue weighted by Gasteiger charge is -2.18. The molecular weight excluding hydrogens is 721 g/mol. The van der Waals surface area contributed by atoms with Gasteiger partial charge in [-0.1, -0.05) is 170 Å². The molecule has 0 N–H and O–H groups in total. The average molecular weight is 753 g/mol. The van der Waals surface area contributed by atoms with Gasteiger partial charge in [-0.3, -0.25) is 0 Å². The van der Waals surface area contributed by atoms with Crippen LogP contribution in [0.25, 0.3) is 152 Å². The average Bonchev–Trinajstić information content (AvgIpc) is 3.81. The molecule has 0 aliphatic carbocycles. The van der Waals surface area contributed by atoms with E-state index in [2.05, 4.69) is 194 Å². The quantitative estimate of drug-likeness (QED) is 0.122. The molecule has 272 valence electrons. The lowest BCUT2D eigenvalue weighted by atomic mass is 9.85. The van der Waals surface area contributed by atoms with E-state index in [4.69, 9.17) is 0 Å². The molecule has 0 bridgehead atoms. The molecule has 0 heteroatoms. The zero-order valence-corrected chi connectivity index (χ0v) is 32.5. The molecule has 15 rings (SSSR count). The van der Waals surface area contributed by atoms with Crippen LogP contribution in [0.2, 0.25) is 0 Å². The van der Waals surface area contributed by atoms with Crippen LogP contribution < -0.4 is 0 Å². The van der Waals surface area contributed by atoms with Gasteiger partial charge in [0.1, 0.15) is 0 Å². The summed E-state index contributed by atoms with van der Waals surface area (Å²) in [5, 5.41) is 31.6. The second-order valence-corrected chi connectivity index (χ2v) is 17.1. The molecule has 0 saturated carbocycles. The Hall–Kier alpha value is -7.80. The van der Waals surface area contributed by atoms with Crippen LogP contribution in [0.4, 0.5) is 0 Å². The standard InChI is InChI=1S/C60H32/c1-3-11-37-29-39(23-21-33(37)9-1)55-51-31-49-43-19-7-15-36-16-8-20-44(54(36)43)50(49)32-52(51)56(40-24-22-34-10-2-4-12-38(34)30-40)60-48-28-26-46-42-18-6-14-35-13-5-17-41(53(35)42)45-25-27-47(59(55)60)58(48)57(45)46/h1-32H. The van der Waals surface area contributed by atoms with E-state index in [0.717, 1.165) is 0 Å². The third-order valence-corrected chi connectivity index (χ3v) is 14.2. The van der Waals surface area contributed by atoms with Gasteiger partial charge in [0.05, 0.1) is 0 Å². The van der Waals surface area contributed by atoms with Gasteiger partial charge in [0.2, 0.25) is 0 Å². The first-order chi connectivity index (χ1) is 29.8. The first-order valence-electron chi connectivity index (χ1n) is 21.1. The molecule has 0 unspecified atom stereocenters. The third-order valence-electron chi connectivity index (χ3n) is 14.2. The fraction of sp³-hybridized carbons (Fsp3) is 0. The summed E-state index contributed by atoms with van der Waals surface area (Å²) in [5.74, 6) is 0. The molecule has 0 spiro atoms. The molecule has 0 amide bonds. The van der Waals surface area contributed by atoms with Crippen LogP contribution in [-0.4, -0.2) is 0 Å². The largest absolute Gasteiger partial charge is 0.0616 e. The van der Waals surface area contributed by atoms with Gasteiger partial charge in [0.25, 0.3) is 0 Å². The van der Waals surface area contributed by atoms with E-state index >= 15 is 0 Å². The van der Waals surface area contributed by atoms with Crippen molar-refractivity contribution in [2.24, 2.45) is 0 Å². The van der Waals surface area contributed by atoms with E-state index in [-0.39, 0.29) is 0 Å². The Kier molecular flexibility index (Phi) is 5.74. The second-order valence-electron chi connectivity index (χ2n) is 17.1. The summed E-state index contributed by atoms with van der Waals surface area (Å²) in [4.78, 5) is 0. The summed E-state index contributed by atoms with van der Waals surface area (Å²) in [6.07, 6.45) is 0.